The maximum absolute atomic E-state index is 14.2. The summed E-state index contributed by atoms with van der Waals surface area (Å²) in [5.74, 6) is -0.317. The van der Waals surface area contributed by atoms with E-state index in [1.807, 2.05) is 67.3 Å². The number of methoxy groups -OCH3 is 2. The van der Waals surface area contributed by atoms with Crippen molar-refractivity contribution in [2.24, 2.45) is 10.9 Å². The molecule has 0 aromatic heterocycles. The van der Waals surface area contributed by atoms with Crippen molar-refractivity contribution in [2.75, 3.05) is 41.2 Å². The zero-order valence-corrected chi connectivity index (χ0v) is 48.9. The molecule has 17 nitrogen and oxygen atoms in total. The van der Waals surface area contributed by atoms with Crippen molar-refractivity contribution < 1.29 is 47.7 Å². The van der Waals surface area contributed by atoms with Crippen LogP contribution in [0.25, 0.3) is 0 Å². The average molecular weight is 1140 g/mol. The summed E-state index contributed by atoms with van der Waals surface area (Å²) in [6, 6.07) is 25.8. The number of hydrogen-bond acceptors (Lipinski definition) is 14. The maximum Gasteiger partial charge on any atom is 0.261 e. The molecule has 0 spiro atoms. The Hall–Kier alpha value is -7.51. The van der Waals surface area contributed by atoms with Crippen molar-refractivity contribution in [1.82, 2.24) is 10.6 Å². The smallest absolute Gasteiger partial charge is 0.261 e. The lowest BCUT2D eigenvalue weighted by atomic mass is 10.0. The summed E-state index contributed by atoms with van der Waals surface area (Å²) in [4.78, 5) is 89.4. The van der Waals surface area contributed by atoms with Crippen LogP contribution in [0.3, 0.4) is 0 Å². The third-order valence-corrected chi connectivity index (χ3v) is 18.8. The molecule has 0 bridgehead atoms. The van der Waals surface area contributed by atoms with Gasteiger partial charge in [0.05, 0.1) is 48.8 Å². The standard InChI is InChI=1S/C62H71N7O10S2/c1-35(2)57(67-56(71)20-21-62(6,7)81-80-37(4)19-18-36(3)70)59(73)65-38(5)58(72)66-43-23-39(33-78-54-29-48-46(27-52(54)76-8)60(74)68-44(31-63-48)25-41-14-10-12-16-50(41)68)22-40(24-43)34-79-55-30-49-47(28-53(55)77-9)61(75)69-45(32-64-49)26-42-15-11-13-17-51(42)69/h10-17,22-24,27-31,35,37-38,44-45,57,64H,18-21,25-26,32-34H2,1-9H3,(H,65,73)(H,66,72)(H,67,71)/t37?,38-,44-,45-,57-/m0/s1. The number of carbonyl (C=O) groups is 6. The Kier molecular flexibility index (Phi) is 18.0. The molecule has 0 saturated heterocycles. The summed E-state index contributed by atoms with van der Waals surface area (Å²) in [6.45, 7) is 13.6. The van der Waals surface area contributed by atoms with E-state index in [0.717, 1.165) is 35.3 Å². The molecule has 81 heavy (non-hydrogen) atoms. The second-order valence-electron chi connectivity index (χ2n) is 22.1. The Morgan fingerprint density at radius 3 is 2.01 bits per heavy atom. The Bertz CT molecular complexity index is 3270. The van der Waals surface area contributed by atoms with Crippen LogP contribution in [0.15, 0.2) is 96.0 Å². The molecule has 0 fully saturated rings. The number of rotatable bonds is 23. The van der Waals surface area contributed by atoms with E-state index in [1.54, 1.807) is 82.9 Å². The fourth-order valence-corrected chi connectivity index (χ4v) is 13.1. The first-order valence-electron chi connectivity index (χ1n) is 27.5. The normalized spacial score (nSPS) is 16.9. The molecule has 19 heteroatoms. The highest BCUT2D eigenvalue weighted by Crippen LogP contribution is 2.44. The number of ether oxygens (including phenoxy) is 4. The first-order chi connectivity index (χ1) is 38.8. The minimum absolute atomic E-state index is 0.00126. The predicted octanol–water partition coefficient (Wildman–Crippen LogP) is 10.4. The summed E-state index contributed by atoms with van der Waals surface area (Å²) in [6.07, 6.45) is 5.27. The molecule has 5 aromatic carbocycles. The van der Waals surface area contributed by atoms with Gasteiger partial charge in [-0.05, 0) is 118 Å². The van der Waals surface area contributed by atoms with Gasteiger partial charge in [0.25, 0.3) is 11.8 Å². The molecule has 426 valence electrons. The van der Waals surface area contributed by atoms with Gasteiger partial charge in [0.2, 0.25) is 17.7 Å². The molecule has 4 heterocycles. The number of anilines is 4. The molecule has 1 unspecified atom stereocenters. The van der Waals surface area contributed by atoms with Gasteiger partial charge < -0.3 is 49.9 Å². The Balaban J connectivity index is 0.914. The van der Waals surface area contributed by atoms with E-state index in [2.05, 4.69) is 48.1 Å². The molecule has 4 aliphatic heterocycles. The van der Waals surface area contributed by atoms with Crippen molar-refractivity contribution in [1.29, 1.82) is 0 Å². The lowest BCUT2D eigenvalue weighted by molar-refractivity contribution is -0.131. The molecule has 5 aromatic rings. The van der Waals surface area contributed by atoms with E-state index in [1.165, 1.54) is 14.2 Å². The van der Waals surface area contributed by atoms with Crippen LogP contribution in [0.4, 0.5) is 28.4 Å². The van der Waals surface area contributed by atoms with Gasteiger partial charge >= 0.3 is 0 Å². The minimum Gasteiger partial charge on any atom is -0.493 e. The van der Waals surface area contributed by atoms with Crippen LogP contribution in [0.5, 0.6) is 23.0 Å². The molecular weight excluding hydrogens is 1070 g/mol. The molecule has 0 aliphatic carbocycles. The van der Waals surface area contributed by atoms with Gasteiger partial charge in [-0.2, -0.15) is 0 Å². The summed E-state index contributed by atoms with van der Waals surface area (Å²) < 4.78 is 24.3. The molecule has 4 aliphatic rings. The molecular formula is C62H71N7O10S2. The zero-order valence-electron chi connectivity index (χ0n) is 47.3. The van der Waals surface area contributed by atoms with Crippen LogP contribution in [-0.4, -0.2) is 96.5 Å². The second-order valence-corrected chi connectivity index (χ2v) is 25.4. The zero-order chi connectivity index (χ0) is 57.7. The molecule has 0 radical (unpaired) electrons. The largest absolute Gasteiger partial charge is 0.493 e. The quantitative estimate of drug-likeness (QED) is 0.0450. The van der Waals surface area contributed by atoms with E-state index in [4.69, 9.17) is 23.9 Å². The number of nitrogens with zero attached hydrogens (tertiary/aromatic N) is 3. The van der Waals surface area contributed by atoms with E-state index in [0.29, 0.717) is 88.1 Å². The van der Waals surface area contributed by atoms with Crippen molar-refractivity contribution in [3.63, 3.8) is 0 Å². The van der Waals surface area contributed by atoms with Crippen molar-refractivity contribution in [2.45, 2.75) is 134 Å². The summed E-state index contributed by atoms with van der Waals surface area (Å²) in [7, 11) is 6.42. The fraction of sp³-hybridized carbons (Fsp3) is 0.403. The van der Waals surface area contributed by atoms with Crippen LogP contribution >= 0.6 is 21.6 Å². The summed E-state index contributed by atoms with van der Waals surface area (Å²) in [5, 5.41) is 12.5. The second kappa shape index (κ2) is 25.1. The highest BCUT2D eigenvalue weighted by atomic mass is 33.1. The van der Waals surface area contributed by atoms with Gasteiger partial charge in [-0.25, -0.2) is 0 Å². The van der Waals surface area contributed by atoms with E-state index < -0.39 is 23.9 Å². The maximum atomic E-state index is 14.2. The van der Waals surface area contributed by atoms with Crippen LogP contribution < -0.4 is 50.0 Å². The topological polar surface area (TPSA) is 206 Å². The van der Waals surface area contributed by atoms with Crippen molar-refractivity contribution in [3.8, 4) is 23.0 Å². The molecule has 5 atom stereocenters. The number of Topliss-reactive ketones (excluding diaryl/α,β-unsaturated/α-hetero) is 1. The highest BCUT2D eigenvalue weighted by Gasteiger charge is 2.39. The summed E-state index contributed by atoms with van der Waals surface area (Å²) in [5.41, 5.74) is 7.47. The van der Waals surface area contributed by atoms with Gasteiger partial charge in [-0.3, -0.25) is 33.9 Å². The summed E-state index contributed by atoms with van der Waals surface area (Å²) >= 11 is 0. The lowest BCUT2D eigenvalue weighted by Gasteiger charge is -2.26. The number of hydrogen-bond donors (Lipinski definition) is 4. The SMILES string of the molecule is COc1cc2c(cc1OCc1cc(COc3cc4c(cc3OC)C(=O)N3c5ccccc5C[C@H]3CN4)cc(NC(=O)[C@H](C)NC(=O)[C@@H](NC(=O)CCC(C)(C)SSC(C)CCC(C)=O)C(C)C)c1)N=C[C@@H]1Cc3ccccc3N1C2=O. The average Bonchev–Trinajstić information content (AvgIpc) is 4.08. The van der Waals surface area contributed by atoms with Crippen LogP contribution in [0.2, 0.25) is 0 Å². The molecule has 4 N–H and O–H groups in total. The van der Waals surface area contributed by atoms with Gasteiger partial charge in [0.1, 0.15) is 31.1 Å². The third kappa shape index (κ3) is 13.5. The van der Waals surface area contributed by atoms with Gasteiger partial charge in [-0.1, -0.05) is 78.8 Å². The van der Waals surface area contributed by atoms with Crippen LogP contribution in [0, 0.1) is 5.92 Å². The predicted molar refractivity (Wildman–Crippen MR) is 320 cm³/mol. The van der Waals surface area contributed by atoms with Gasteiger partial charge in [-0.15, -0.1) is 0 Å². The number of carbonyl (C=O) groups excluding carboxylic acids is 6. The van der Waals surface area contributed by atoms with E-state index >= 15 is 0 Å². The molecule has 9 rings (SSSR count). The Morgan fingerprint density at radius 2 is 1.36 bits per heavy atom. The number of ketones is 1. The Labute approximate surface area is 481 Å². The molecule has 5 amide bonds. The number of nitrogens with one attached hydrogen (secondary N) is 4. The number of aliphatic imine (C=N–C) groups is 1. The van der Waals surface area contributed by atoms with E-state index in [-0.39, 0.29) is 71.1 Å². The van der Waals surface area contributed by atoms with Crippen molar-refractivity contribution in [3.05, 3.63) is 124 Å². The number of amides is 5. The highest BCUT2D eigenvalue weighted by molar-refractivity contribution is 8.77. The minimum atomic E-state index is -1.02. The molecule has 0 saturated carbocycles. The van der Waals surface area contributed by atoms with Gasteiger partial charge in [0, 0.05) is 71.2 Å². The van der Waals surface area contributed by atoms with Crippen LogP contribution in [-0.2, 0) is 45.2 Å². The fourth-order valence-electron chi connectivity index (χ4n) is 10.4. The first kappa shape index (κ1) is 58.2. The number of para-hydroxylation sites is 2. The van der Waals surface area contributed by atoms with E-state index in [9.17, 15) is 28.8 Å². The monoisotopic (exact) mass is 1140 g/mol. The first-order valence-corrected chi connectivity index (χ1v) is 29.7. The Morgan fingerprint density at radius 1 is 0.741 bits per heavy atom. The third-order valence-electron chi connectivity index (χ3n) is 14.9. The number of fused-ring (bicyclic) bond motifs is 8. The van der Waals surface area contributed by atoms with Gasteiger partial charge in [0.15, 0.2) is 23.0 Å². The van der Waals surface area contributed by atoms with Crippen molar-refractivity contribution >= 4 is 91.6 Å². The lowest BCUT2D eigenvalue weighted by Crippen LogP contribution is -2.53. The van der Waals surface area contributed by atoms with Crippen LogP contribution in [0.1, 0.15) is 117 Å². The number of benzene rings is 5.